The highest BCUT2D eigenvalue weighted by Gasteiger charge is 2.21. The number of ether oxygens (including phenoxy) is 1. The molecule has 3 N–H and O–H groups in total. The normalized spacial score (nSPS) is 14.5. The Labute approximate surface area is 160 Å². The Hall–Kier alpha value is -2.57. The van der Waals surface area contributed by atoms with Crippen LogP contribution in [0.2, 0.25) is 0 Å². The van der Waals surface area contributed by atoms with Gasteiger partial charge in [0.25, 0.3) is 11.8 Å². The zero-order valence-electron chi connectivity index (χ0n) is 16.0. The van der Waals surface area contributed by atoms with Crippen molar-refractivity contribution in [1.29, 1.82) is 0 Å². The third kappa shape index (κ3) is 7.29. The fraction of sp³-hybridized carbons (Fsp3) is 0.550. The minimum atomic E-state index is -0.478. The predicted molar refractivity (Wildman–Crippen MR) is 102 cm³/mol. The maximum Gasteiger partial charge on any atom is 0.276 e. The highest BCUT2D eigenvalue weighted by Crippen LogP contribution is 2.23. The fourth-order valence-corrected chi connectivity index (χ4v) is 2.99. The van der Waals surface area contributed by atoms with Crippen molar-refractivity contribution >= 4 is 17.7 Å². The van der Waals surface area contributed by atoms with Crippen LogP contribution in [0, 0.1) is 5.92 Å². The summed E-state index contributed by atoms with van der Waals surface area (Å²) in [4.78, 5) is 35.4. The van der Waals surface area contributed by atoms with Crippen molar-refractivity contribution in [2.24, 2.45) is 5.92 Å². The van der Waals surface area contributed by atoms with Crippen LogP contribution in [0.4, 0.5) is 0 Å². The number of nitrogens with one attached hydrogen (secondary N) is 3. The molecule has 27 heavy (non-hydrogen) atoms. The molecule has 1 saturated carbocycles. The summed E-state index contributed by atoms with van der Waals surface area (Å²) in [5.41, 5.74) is 5.73. The van der Waals surface area contributed by atoms with Gasteiger partial charge in [0.2, 0.25) is 5.91 Å². The standard InChI is InChI=1S/C20H29N3O4/c1-14(2)15-8-10-17(11-9-15)27-13-19(25)23-22-18(24)12-21-20(26)16-6-4-3-5-7-16/h8-11,14,16H,3-7,12-13H2,1-2H3,(H,21,26)(H,22,24)(H,23,25). The largest absolute Gasteiger partial charge is 0.484 e. The van der Waals surface area contributed by atoms with Crippen molar-refractivity contribution in [3.63, 3.8) is 0 Å². The van der Waals surface area contributed by atoms with Crippen LogP contribution in [0.25, 0.3) is 0 Å². The Morgan fingerprint density at radius 1 is 1.00 bits per heavy atom. The number of carbonyl (C=O) groups is 3. The van der Waals surface area contributed by atoms with Gasteiger partial charge in [0.1, 0.15) is 5.75 Å². The van der Waals surface area contributed by atoms with Crippen LogP contribution in [-0.2, 0) is 14.4 Å². The summed E-state index contributed by atoms with van der Waals surface area (Å²) in [6, 6.07) is 7.52. The van der Waals surface area contributed by atoms with Gasteiger partial charge in [-0.2, -0.15) is 0 Å². The molecule has 0 atom stereocenters. The predicted octanol–water partition coefficient (Wildman–Crippen LogP) is 2.03. The summed E-state index contributed by atoms with van der Waals surface area (Å²) in [5.74, 6) is -0.0403. The molecular weight excluding hydrogens is 346 g/mol. The number of hydrogen-bond acceptors (Lipinski definition) is 4. The second-order valence-corrected chi connectivity index (χ2v) is 7.16. The van der Waals surface area contributed by atoms with Gasteiger partial charge in [-0.25, -0.2) is 0 Å². The van der Waals surface area contributed by atoms with Crippen LogP contribution in [0.3, 0.4) is 0 Å². The average molecular weight is 375 g/mol. The van der Waals surface area contributed by atoms with Crippen molar-refractivity contribution in [2.75, 3.05) is 13.2 Å². The van der Waals surface area contributed by atoms with Crippen LogP contribution in [0.5, 0.6) is 5.75 Å². The molecule has 0 heterocycles. The first-order chi connectivity index (χ1) is 13.0. The SMILES string of the molecule is CC(C)c1ccc(OCC(=O)NNC(=O)CNC(=O)C2CCCCC2)cc1. The Bertz CT molecular complexity index is 637. The maximum atomic E-state index is 12.0. The Balaban J connectivity index is 1.61. The summed E-state index contributed by atoms with van der Waals surface area (Å²) < 4.78 is 5.38. The number of hydrogen-bond donors (Lipinski definition) is 3. The van der Waals surface area contributed by atoms with Crippen LogP contribution in [0.15, 0.2) is 24.3 Å². The van der Waals surface area contributed by atoms with Gasteiger partial charge < -0.3 is 10.1 Å². The summed E-state index contributed by atoms with van der Waals surface area (Å²) in [6.07, 6.45) is 5.03. The molecule has 1 aromatic rings. The van der Waals surface area contributed by atoms with Crippen LogP contribution >= 0.6 is 0 Å². The summed E-state index contributed by atoms with van der Waals surface area (Å²) in [6.45, 7) is 3.83. The zero-order chi connectivity index (χ0) is 19.6. The first kappa shape index (κ1) is 20.7. The quantitative estimate of drug-likeness (QED) is 0.635. The number of amides is 3. The lowest BCUT2D eigenvalue weighted by atomic mass is 9.89. The molecule has 0 radical (unpaired) electrons. The summed E-state index contributed by atoms with van der Waals surface area (Å²) in [5, 5.41) is 2.61. The molecule has 2 rings (SSSR count). The van der Waals surface area contributed by atoms with E-state index >= 15 is 0 Å². The second-order valence-electron chi connectivity index (χ2n) is 7.16. The smallest absolute Gasteiger partial charge is 0.276 e. The van der Waals surface area contributed by atoms with Gasteiger partial charge in [-0.3, -0.25) is 25.2 Å². The molecule has 148 valence electrons. The maximum absolute atomic E-state index is 12.0. The molecule has 7 heteroatoms. The average Bonchev–Trinajstić information content (AvgIpc) is 2.69. The van der Waals surface area contributed by atoms with Crippen molar-refractivity contribution < 1.29 is 19.1 Å². The number of rotatable bonds is 7. The topological polar surface area (TPSA) is 96.5 Å². The summed E-state index contributed by atoms with van der Waals surface area (Å²) >= 11 is 0. The van der Waals surface area contributed by atoms with E-state index in [-0.39, 0.29) is 25.0 Å². The Kier molecular flexibility index (Phi) is 8.10. The Morgan fingerprint density at radius 3 is 2.26 bits per heavy atom. The molecule has 0 aliphatic heterocycles. The van der Waals surface area contributed by atoms with Crippen molar-refractivity contribution in [3.05, 3.63) is 29.8 Å². The third-order valence-corrected chi connectivity index (χ3v) is 4.66. The van der Waals surface area contributed by atoms with Gasteiger partial charge >= 0.3 is 0 Å². The van der Waals surface area contributed by atoms with Crippen LogP contribution < -0.4 is 20.9 Å². The van der Waals surface area contributed by atoms with Crippen LogP contribution in [-0.4, -0.2) is 30.9 Å². The van der Waals surface area contributed by atoms with E-state index in [9.17, 15) is 14.4 Å². The van der Waals surface area contributed by atoms with E-state index in [2.05, 4.69) is 30.0 Å². The summed E-state index contributed by atoms with van der Waals surface area (Å²) in [7, 11) is 0. The number of benzene rings is 1. The molecule has 1 fully saturated rings. The van der Waals surface area contributed by atoms with E-state index < -0.39 is 11.8 Å². The van der Waals surface area contributed by atoms with E-state index in [1.165, 1.54) is 12.0 Å². The lowest BCUT2D eigenvalue weighted by Gasteiger charge is -2.20. The van der Waals surface area contributed by atoms with Crippen LogP contribution in [0.1, 0.15) is 57.4 Å². The molecule has 7 nitrogen and oxygen atoms in total. The molecule has 1 aromatic carbocycles. The second kappa shape index (κ2) is 10.5. The number of carbonyl (C=O) groups excluding carboxylic acids is 3. The van der Waals surface area contributed by atoms with Crippen molar-refractivity contribution in [2.45, 2.75) is 51.9 Å². The van der Waals surface area contributed by atoms with Gasteiger partial charge in [-0.1, -0.05) is 45.2 Å². The van der Waals surface area contributed by atoms with Gasteiger partial charge in [0.15, 0.2) is 6.61 Å². The van der Waals surface area contributed by atoms with Gasteiger partial charge in [0, 0.05) is 5.92 Å². The molecule has 0 bridgehead atoms. The monoisotopic (exact) mass is 375 g/mol. The Morgan fingerprint density at radius 2 is 1.63 bits per heavy atom. The van der Waals surface area contributed by atoms with Gasteiger partial charge in [-0.15, -0.1) is 0 Å². The molecule has 1 aliphatic carbocycles. The first-order valence-electron chi connectivity index (χ1n) is 9.54. The third-order valence-electron chi connectivity index (χ3n) is 4.66. The molecular formula is C20H29N3O4. The zero-order valence-corrected chi connectivity index (χ0v) is 16.0. The molecule has 0 spiro atoms. The van der Waals surface area contributed by atoms with E-state index in [0.29, 0.717) is 11.7 Å². The highest BCUT2D eigenvalue weighted by atomic mass is 16.5. The van der Waals surface area contributed by atoms with Gasteiger partial charge in [-0.05, 0) is 36.5 Å². The number of hydrazine groups is 1. The lowest BCUT2D eigenvalue weighted by Crippen LogP contribution is -2.48. The molecule has 1 aliphatic rings. The molecule has 0 aromatic heterocycles. The van der Waals surface area contributed by atoms with E-state index in [4.69, 9.17) is 4.74 Å². The van der Waals surface area contributed by atoms with Gasteiger partial charge in [0.05, 0.1) is 6.54 Å². The fourth-order valence-electron chi connectivity index (χ4n) is 2.99. The van der Waals surface area contributed by atoms with E-state index in [1.54, 1.807) is 0 Å². The lowest BCUT2D eigenvalue weighted by molar-refractivity contribution is -0.131. The van der Waals surface area contributed by atoms with E-state index in [0.717, 1.165) is 25.7 Å². The molecule has 3 amide bonds. The minimum absolute atomic E-state index is 0.00312. The van der Waals surface area contributed by atoms with Crippen molar-refractivity contribution in [1.82, 2.24) is 16.2 Å². The minimum Gasteiger partial charge on any atom is -0.484 e. The molecule has 0 saturated heterocycles. The first-order valence-corrected chi connectivity index (χ1v) is 9.54. The highest BCUT2D eigenvalue weighted by molar-refractivity contribution is 5.87. The molecule has 0 unspecified atom stereocenters. The van der Waals surface area contributed by atoms with E-state index in [1.807, 2.05) is 24.3 Å². The van der Waals surface area contributed by atoms with Crippen molar-refractivity contribution in [3.8, 4) is 5.75 Å².